The molecular formula is C11H7N3O5S. The Balaban J connectivity index is 2.16. The summed E-state index contributed by atoms with van der Waals surface area (Å²) in [5.74, 6) is -1.68. The highest BCUT2D eigenvalue weighted by molar-refractivity contribution is 7.13. The molecule has 2 N–H and O–H groups in total. The fraction of sp³-hybridized carbons (Fsp3) is 0. The first kappa shape index (κ1) is 13.6. The van der Waals surface area contributed by atoms with Gasteiger partial charge in [-0.25, -0.2) is 9.78 Å². The Morgan fingerprint density at radius 2 is 2.10 bits per heavy atom. The molecule has 0 saturated heterocycles. The lowest BCUT2D eigenvalue weighted by atomic mass is 10.2. The van der Waals surface area contributed by atoms with Crippen LogP contribution in [0.1, 0.15) is 20.7 Å². The fourth-order valence-corrected chi connectivity index (χ4v) is 2.06. The van der Waals surface area contributed by atoms with E-state index in [0.717, 1.165) is 17.4 Å². The van der Waals surface area contributed by atoms with Crippen LogP contribution < -0.4 is 5.32 Å². The van der Waals surface area contributed by atoms with E-state index in [2.05, 4.69) is 10.3 Å². The number of aromatic nitrogens is 1. The van der Waals surface area contributed by atoms with E-state index in [4.69, 9.17) is 5.11 Å². The third-order valence-corrected chi connectivity index (χ3v) is 3.16. The average Bonchev–Trinajstić information content (AvgIpc) is 2.88. The number of carboxylic acids is 1. The molecular weight excluding hydrogens is 286 g/mol. The van der Waals surface area contributed by atoms with Gasteiger partial charge in [0.25, 0.3) is 5.91 Å². The number of thiophene rings is 1. The second-order valence-electron chi connectivity index (χ2n) is 3.62. The number of carboxylic acid groups (broad SMARTS) is 1. The summed E-state index contributed by atoms with van der Waals surface area (Å²) in [6, 6.07) is 3.62. The zero-order valence-corrected chi connectivity index (χ0v) is 10.6. The molecule has 9 heteroatoms. The lowest BCUT2D eigenvalue weighted by Gasteiger charge is -2.03. The number of anilines is 1. The number of aromatic carboxylic acids is 1. The van der Waals surface area contributed by atoms with Gasteiger partial charge in [-0.3, -0.25) is 14.9 Å². The maximum atomic E-state index is 11.8. The molecule has 8 nitrogen and oxygen atoms in total. The minimum atomic E-state index is -1.14. The van der Waals surface area contributed by atoms with Gasteiger partial charge in [-0.15, -0.1) is 0 Å². The zero-order chi connectivity index (χ0) is 14.7. The second kappa shape index (κ2) is 5.45. The maximum absolute atomic E-state index is 11.8. The van der Waals surface area contributed by atoms with Gasteiger partial charge in [0.1, 0.15) is 5.82 Å². The summed E-state index contributed by atoms with van der Waals surface area (Å²) in [6.07, 6.45) is 1.25. The molecule has 0 unspecified atom stereocenters. The molecule has 2 aromatic rings. The molecule has 2 heterocycles. The Kier molecular flexibility index (Phi) is 3.71. The SMILES string of the molecule is O=C(O)c1ccnc(NC(=O)c2csc([N+](=O)[O-])c2)c1. The number of pyridine rings is 1. The Morgan fingerprint density at radius 3 is 2.70 bits per heavy atom. The van der Waals surface area contributed by atoms with Crippen LogP contribution in [-0.2, 0) is 0 Å². The van der Waals surface area contributed by atoms with E-state index in [9.17, 15) is 19.7 Å². The fourth-order valence-electron chi connectivity index (χ4n) is 1.36. The second-order valence-corrected chi connectivity index (χ2v) is 4.51. The van der Waals surface area contributed by atoms with Crippen molar-refractivity contribution in [2.45, 2.75) is 0 Å². The van der Waals surface area contributed by atoms with Gasteiger partial charge in [-0.1, -0.05) is 11.3 Å². The van der Waals surface area contributed by atoms with Crippen molar-refractivity contribution in [1.29, 1.82) is 0 Å². The topological polar surface area (TPSA) is 122 Å². The van der Waals surface area contributed by atoms with E-state index < -0.39 is 16.8 Å². The number of hydrogen-bond acceptors (Lipinski definition) is 6. The first-order valence-corrected chi connectivity index (χ1v) is 6.09. The molecule has 0 radical (unpaired) electrons. The molecule has 2 rings (SSSR count). The molecule has 0 saturated carbocycles. The summed E-state index contributed by atoms with van der Waals surface area (Å²) in [5.41, 5.74) is 0.0934. The molecule has 0 aromatic carbocycles. The van der Waals surface area contributed by atoms with Crippen molar-refractivity contribution in [3.63, 3.8) is 0 Å². The van der Waals surface area contributed by atoms with Crippen LogP contribution in [0.25, 0.3) is 0 Å². The van der Waals surface area contributed by atoms with Gasteiger partial charge in [0, 0.05) is 17.6 Å². The predicted octanol–water partition coefficient (Wildman–Crippen LogP) is 2.00. The van der Waals surface area contributed by atoms with E-state index in [1.54, 1.807) is 0 Å². The van der Waals surface area contributed by atoms with E-state index in [-0.39, 0.29) is 21.9 Å². The molecule has 0 atom stereocenters. The van der Waals surface area contributed by atoms with Gasteiger partial charge in [0.2, 0.25) is 0 Å². The summed E-state index contributed by atoms with van der Waals surface area (Å²) in [4.78, 5) is 36.3. The maximum Gasteiger partial charge on any atom is 0.335 e. The van der Waals surface area contributed by atoms with Crippen molar-refractivity contribution in [2.24, 2.45) is 0 Å². The Labute approximate surface area is 115 Å². The van der Waals surface area contributed by atoms with Crippen molar-refractivity contribution < 1.29 is 19.6 Å². The highest BCUT2D eigenvalue weighted by Crippen LogP contribution is 2.23. The smallest absolute Gasteiger partial charge is 0.335 e. The molecule has 0 aliphatic carbocycles. The van der Waals surface area contributed by atoms with E-state index in [1.165, 1.54) is 23.7 Å². The Hall–Kier alpha value is -2.81. The van der Waals surface area contributed by atoms with Gasteiger partial charge in [0.15, 0.2) is 0 Å². The minimum Gasteiger partial charge on any atom is -0.478 e. The predicted molar refractivity (Wildman–Crippen MR) is 70.1 cm³/mol. The molecule has 2 aromatic heterocycles. The van der Waals surface area contributed by atoms with E-state index in [1.807, 2.05) is 0 Å². The molecule has 0 aliphatic heterocycles. The third-order valence-electron chi connectivity index (χ3n) is 2.28. The molecule has 102 valence electrons. The highest BCUT2D eigenvalue weighted by atomic mass is 32.1. The third kappa shape index (κ3) is 2.95. The van der Waals surface area contributed by atoms with Crippen LogP contribution in [0.15, 0.2) is 29.8 Å². The minimum absolute atomic E-state index is 0.0217. The first-order valence-electron chi connectivity index (χ1n) is 5.21. The highest BCUT2D eigenvalue weighted by Gasteiger charge is 2.15. The van der Waals surface area contributed by atoms with Gasteiger partial charge in [-0.2, -0.15) is 0 Å². The number of nitrogens with zero attached hydrogens (tertiary/aromatic N) is 2. The van der Waals surface area contributed by atoms with Crippen LogP contribution in [0, 0.1) is 10.1 Å². The molecule has 0 aliphatic rings. The largest absolute Gasteiger partial charge is 0.478 e. The van der Waals surface area contributed by atoms with Gasteiger partial charge in [0.05, 0.1) is 16.1 Å². The summed E-state index contributed by atoms with van der Waals surface area (Å²) in [5, 5.41) is 22.9. The zero-order valence-electron chi connectivity index (χ0n) is 9.77. The van der Waals surface area contributed by atoms with Crippen molar-refractivity contribution in [3.05, 3.63) is 51.0 Å². The van der Waals surface area contributed by atoms with Crippen LogP contribution in [0.2, 0.25) is 0 Å². The summed E-state index contributed by atoms with van der Waals surface area (Å²) in [6.45, 7) is 0. The monoisotopic (exact) mass is 293 g/mol. The summed E-state index contributed by atoms with van der Waals surface area (Å²) in [7, 11) is 0. The number of rotatable bonds is 4. The van der Waals surface area contributed by atoms with Gasteiger partial charge >= 0.3 is 11.0 Å². The number of carbonyl (C=O) groups excluding carboxylic acids is 1. The average molecular weight is 293 g/mol. The molecule has 0 bridgehead atoms. The van der Waals surface area contributed by atoms with Gasteiger partial charge in [-0.05, 0) is 12.1 Å². The number of carbonyl (C=O) groups is 2. The van der Waals surface area contributed by atoms with Crippen LogP contribution in [0.4, 0.5) is 10.8 Å². The summed E-state index contributed by atoms with van der Waals surface area (Å²) < 4.78 is 0. The van der Waals surface area contributed by atoms with Crippen molar-refractivity contribution in [2.75, 3.05) is 5.32 Å². The van der Waals surface area contributed by atoms with Crippen LogP contribution in [-0.4, -0.2) is 26.9 Å². The van der Waals surface area contributed by atoms with Crippen LogP contribution in [0.5, 0.6) is 0 Å². The molecule has 0 fully saturated rings. The standard InChI is InChI=1S/C11H7N3O5S/c15-10(7-4-9(14(18)19)20-5-7)13-8-3-6(11(16)17)1-2-12-8/h1-5H,(H,16,17)(H,12,13,15). The Morgan fingerprint density at radius 1 is 1.35 bits per heavy atom. The number of nitrogens with one attached hydrogen (secondary N) is 1. The lowest BCUT2D eigenvalue weighted by Crippen LogP contribution is -2.12. The molecule has 0 spiro atoms. The Bertz CT molecular complexity index is 697. The normalized spacial score (nSPS) is 10.0. The number of amides is 1. The number of nitro groups is 1. The van der Waals surface area contributed by atoms with Crippen molar-refractivity contribution >= 4 is 34.0 Å². The van der Waals surface area contributed by atoms with Gasteiger partial charge < -0.3 is 10.4 Å². The number of hydrogen-bond donors (Lipinski definition) is 2. The van der Waals surface area contributed by atoms with E-state index >= 15 is 0 Å². The van der Waals surface area contributed by atoms with Crippen LogP contribution in [0.3, 0.4) is 0 Å². The quantitative estimate of drug-likeness (QED) is 0.656. The summed E-state index contributed by atoms with van der Waals surface area (Å²) >= 11 is 0.830. The van der Waals surface area contributed by atoms with Crippen molar-refractivity contribution in [3.8, 4) is 0 Å². The lowest BCUT2D eigenvalue weighted by molar-refractivity contribution is -0.380. The van der Waals surface area contributed by atoms with Crippen LogP contribution >= 0.6 is 11.3 Å². The van der Waals surface area contributed by atoms with E-state index in [0.29, 0.717) is 0 Å². The molecule has 1 amide bonds. The van der Waals surface area contributed by atoms with Crippen molar-refractivity contribution in [1.82, 2.24) is 4.98 Å². The first-order chi connectivity index (χ1) is 9.47. The molecule has 20 heavy (non-hydrogen) atoms.